The quantitative estimate of drug-likeness (QED) is 0.126. The molecule has 2 rings (SSSR count). The van der Waals surface area contributed by atoms with Crippen LogP contribution in [0.1, 0.15) is 25.0 Å². The van der Waals surface area contributed by atoms with Crippen molar-refractivity contribution in [1.29, 1.82) is 0 Å². The molecule has 0 saturated heterocycles. The monoisotopic (exact) mass is 506 g/mol. The lowest BCUT2D eigenvalue weighted by Gasteiger charge is -2.04. The van der Waals surface area contributed by atoms with Gasteiger partial charge in [-0.1, -0.05) is 0 Å². The predicted octanol–water partition coefficient (Wildman–Crippen LogP) is 3.21. The second kappa shape index (κ2) is 10.9. The lowest BCUT2D eigenvalue weighted by Crippen LogP contribution is -2.21. The van der Waals surface area contributed by atoms with E-state index in [-0.39, 0.29) is 34.0 Å². The molecule has 0 aliphatic rings. The summed E-state index contributed by atoms with van der Waals surface area (Å²) >= 11 is 4.36. The number of ketones is 1. The summed E-state index contributed by atoms with van der Waals surface area (Å²) in [5.74, 6) is 3.95. The minimum absolute atomic E-state index is 0.0171. The number of hydroxylamine groups is 1. The van der Waals surface area contributed by atoms with Gasteiger partial charge in [-0.15, -0.1) is 11.8 Å². The van der Waals surface area contributed by atoms with Crippen molar-refractivity contribution in [3.8, 4) is 0 Å². The molecule has 1 aromatic carbocycles. The van der Waals surface area contributed by atoms with Crippen molar-refractivity contribution in [2.75, 3.05) is 17.8 Å². The summed E-state index contributed by atoms with van der Waals surface area (Å²) in [7, 11) is -2.16. The molecule has 0 amide bonds. The van der Waals surface area contributed by atoms with Crippen LogP contribution in [-0.2, 0) is 14.3 Å². The van der Waals surface area contributed by atoms with Crippen molar-refractivity contribution in [2.45, 2.75) is 24.3 Å². The van der Waals surface area contributed by atoms with Gasteiger partial charge in [0.1, 0.15) is 11.6 Å². The minimum atomic E-state index is -2.16. The van der Waals surface area contributed by atoms with Crippen LogP contribution in [0.5, 0.6) is 0 Å². The number of nitrogens with one attached hydrogen (secondary N) is 1. The standard InChI is InChI=1S/C17H20BrFN4O4S2/c1-29(2,26)9-7-12(24)4-3-8-28-17-15(22-27-23-17)16(21-25)20-11-5-6-14(19)13(18)10-11/h5-6,10,25H,1,3-4,7-9H2,2H3,(H,20,21). The number of amidine groups is 1. The molecule has 1 unspecified atom stereocenters. The van der Waals surface area contributed by atoms with Crippen LogP contribution in [0.2, 0.25) is 0 Å². The minimum Gasteiger partial charge on any atom is -0.300 e. The summed E-state index contributed by atoms with van der Waals surface area (Å²) in [5, 5.41) is 17.3. The molecule has 0 radical (unpaired) electrons. The number of carbonyl (C=O) groups excluding carboxylic acids is 1. The topological polar surface area (TPSA) is 118 Å². The highest BCUT2D eigenvalue weighted by Gasteiger charge is 2.17. The molecule has 29 heavy (non-hydrogen) atoms. The number of benzene rings is 1. The number of Topliss-reactive ketones (excluding diaryl/α,β-unsaturated/α-hetero) is 1. The van der Waals surface area contributed by atoms with Crippen LogP contribution in [-0.4, -0.2) is 55.0 Å². The second-order valence-corrected chi connectivity index (χ2v) is 10.9. The van der Waals surface area contributed by atoms with E-state index in [4.69, 9.17) is 4.63 Å². The molecule has 0 aliphatic heterocycles. The highest BCUT2D eigenvalue weighted by atomic mass is 79.9. The molecule has 0 aliphatic carbocycles. The Hall–Kier alpha value is -1.76. The number of hydrogen-bond donors (Lipinski definition) is 2. The Morgan fingerprint density at radius 1 is 1.45 bits per heavy atom. The third-order valence-electron chi connectivity index (χ3n) is 3.58. The summed E-state index contributed by atoms with van der Waals surface area (Å²) in [6.07, 6.45) is 2.72. The lowest BCUT2D eigenvalue weighted by atomic mass is 10.2. The molecule has 12 heteroatoms. The van der Waals surface area contributed by atoms with E-state index in [1.54, 1.807) is 0 Å². The molecule has 1 aromatic heterocycles. The van der Waals surface area contributed by atoms with Crippen molar-refractivity contribution >= 4 is 60.4 Å². The van der Waals surface area contributed by atoms with E-state index in [1.807, 2.05) is 5.48 Å². The van der Waals surface area contributed by atoms with Crippen LogP contribution in [0, 0.1) is 5.82 Å². The third kappa shape index (κ3) is 7.88. The number of halogens is 2. The first-order valence-corrected chi connectivity index (χ1v) is 12.5. The third-order valence-corrected chi connectivity index (χ3v) is 6.29. The van der Waals surface area contributed by atoms with Gasteiger partial charge in [-0.05, 0) is 66.3 Å². The van der Waals surface area contributed by atoms with Crippen molar-refractivity contribution in [2.24, 2.45) is 4.99 Å². The lowest BCUT2D eigenvalue weighted by molar-refractivity contribution is -0.118. The largest absolute Gasteiger partial charge is 0.300 e. The average Bonchev–Trinajstić information content (AvgIpc) is 3.12. The Morgan fingerprint density at radius 3 is 2.86 bits per heavy atom. The number of aliphatic imine (C=N–C) groups is 1. The van der Waals surface area contributed by atoms with Gasteiger partial charge in [-0.2, -0.15) is 0 Å². The number of rotatable bonds is 10. The summed E-state index contributed by atoms with van der Waals surface area (Å²) in [6, 6.07) is 4.11. The van der Waals surface area contributed by atoms with Gasteiger partial charge in [0.05, 0.1) is 10.2 Å². The van der Waals surface area contributed by atoms with Crippen molar-refractivity contribution in [3.63, 3.8) is 0 Å². The van der Waals surface area contributed by atoms with Crippen LogP contribution < -0.4 is 5.48 Å². The Morgan fingerprint density at radius 2 is 2.21 bits per heavy atom. The molecule has 158 valence electrons. The molecule has 0 spiro atoms. The van der Waals surface area contributed by atoms with E-state index in [0.29, 0.717) is 29.3 Å². The zero-order valence-electron chi connectivity index (χ0n) is 15.6. The van der Waals surface area contributed by atoms with Crippen LogP contribution in [0.3, 0.4) is 0 Å². The number of aromatic nitrogens is 2. The van der Waals surface area contributed by atoms with Crippen molar-refractivity contribution < 1.29 is 23.2 Å². The first-order chi connectivity index (χ1) is 13.7. The van der Waals surface area contributed by atoms with E-state index in [2.05, 4.69) is 37.1 Å². The molecule has 0 fully saturated rings. The molecule has 8 nitrogen and oxygen atoms in total. The maximum atomic E-state index is 13.3. The zero-order chi connectivity index (χ0) is 21.4. The Kier molecular flexibility index (Phi) is 8.80. The second-order valence-electron chi connectivity index (χ2n) is 6.22. The van der Waals surface area contributed by atoms with Crippen molar-refractivity contribution in [3.05, 3.63) is 34.2 Å². The van der Waals surface area contributed by atoms with Crippen molar-refractivity contribution in [1.82, 2.24) is 15.8 Å². The Labute approximate surface area is 180 Å². The number of thioether (sulfide) groups is 1. The fourth-order valence-corrected chi connectivity index (χ4v) is 3.99. The van der Waals surface area contributed by atoms with E-state index in [9.17, 15) is 18.6 Å². The highest BCUT2D eigenvalue weighted by molar-refractivity contribution is 9.10. The fourth-order valence-electron chi connectivity index (χ4n) is 2.13. The van der Waals surface area contributed by atoms with Gasteiger partial charge < -0.3 is 0 Å². The van der Waals surface area contributed by atoms with Gasteiger partial charge in [-0.25, -0.2) is 14.0 Å². The zero-order valence-corrected chi connectivity index (χ0v) is 18.8. The van der Waals surface area contributed by atoms with Gasteiger partial charge in [0.25, 0.3) is 0 Å². The van der Waals surface area contributed by atoms with Crippen LogP contribution in [0.4, 0.5) is 10.1 Å². The van der Waals surface area contributed by atoms with E-state index < -0.39 is 15.3 Å². The maximum absolute atomic E-state index is 13.3. The molecular weight excluding hydrogens is 487 g/mol. The summed E-state index contributed by atoms with van der Waals surface area (Å²) < 4.78 is 29.8. The van der Waals surface area contributed by atoms with Gasteiger partial charge in [0.15, 0.2) is 16.6 Å². The van der Waals surface area contributed by atoms with Crippen LogP contribution in [0.15, 0.2) is 37.3 Å². The molecule has 2 aromatic rings. The van der Waals surface area contributed by atoms with E-state index in [1.165, 1.54) is 36.2 Å². The predicted molar refractivity (Wildman–Crippen MR) is 115 cm³/mol. The summed E-state index contributed by atoms with van der Waals surface area (Å²) in [5.41, 5.74) is 2.50. The molecule has 1 atom stereocenters. The van der Waals surface area contributed by atoms with Gasteiger partial charge in [0, 0.05) is 30.6 Å². The maximum Gasteiger partial charge on any atom is 0.186 e. The summed E-state index contributed by atoms with van der Waals surface area (Å²) in [4.78, 5) is 16.0. The molecule has 2 N–H and O–H groups in total. The van der Waals surface area contributed by atoms with Gasteiger partial charge in [-0.3, -0.25) is 19.7 Å². The van der Waals surface area contributed by atoms with Gasteiger partial charge in [0.2, 0.25) is 0 Å². The normalized spacial score (nSPS) is 13.9. The van der Waals surface area contributed by atoms with Crippen LogP contribution in [0.25, 0.3) is 0 Å². The number of nitrogens with zero attached hydrogens (tertiary/aromatic N) is 3. The average molecular weight is 507 g/mol. The van der Waals surface area contributed by atoms with E-state index in [0.717, 1.165) is 0 Å². The number of hydrogen-bond acceptors (Lipinski definition) is 8. The molecule has 1 heterocycles. The number of carbonyl (C=O) groups is 1. The first kappa shape index (κ1) is 23.5. The van der Waals surface area contributed by atoms with Crippen LogP contribution >= 0.6 is 27.7 Å². The Balaban J connectivity index is 1.96. The van der Waals surface area contributed by atoms with Gasteiger partial charge >= 0.3 is 0 Å². The first-order valence-electron chi connectivity index (χ1n) is 8.41. The molecular formula is C17H20BrFN4O4S2. The molecule has 0 saturated carbocycles. The SMILES string of the molecule is C=S(C)(=O)CCC(=O)CCCSc1nonc1C(=Nc1ccc(F)c(Br)c1)NO. The highest BCUT2D eigenvalue weighted by Crippen LogP contribution is 2.25. The molecule has 0 bridgehead atoms. The Bertz CT molecular complexity index is 995. The van der Waals surface area contributed by atoms with E-state index >= 15 is 0 Å². The smallest absolute Gasteiger partial charge is 0.186 e. The summed E-state index contributed by atoms with van der Waals surface area (Å²) in [6.45, 7) is 0. The fraction of sp³-hybridized carbons (Fsp3) is 0.353.